The van der Waals surface area contributed by atoms with E-state index in [1.807, 2.05) is 12.1 Å². The van der Waals surface area contributed by atoms with Crippen LogP contribution >= 0.6 is 0 Å². The number of fused-ring (bicyclic) bond motifs is 1. The van der Waals surface area contributed by atoms with E-state index in [0.29, 0.717) is 43.6 Å². The second kappa shape index (κ2) is 9.99. The topological polar surface area (TPSA) is 119 Å². The van der Waals surface area contributed by atoms with Crippen LogP contribution in [0.5, 0.6) is 11.5 Å². The Hall–Kier alpha value is -3.53. The number of piperidine rings is 1. The summed E-state index contributed by atoms with van der Waals surface area (Å²) in [6.45, 7) is 1.13. The molecule has 1 atom stereocenters. The van der Waals surface area contributed by atoms with Crippen LogP contribution in [0.3, 0.4) is 0 Å². The van der Waals surface area contributed by atoms with Crippen LogP contribution in [-0.4, -0.2) is 59.0 Å². The maximum Gasteiger partial charge on any atom is 0.268 e. The number of methoxy groups -OCH3 is 2. The van der Waals surface area contributed by atoms with Crippen molar-refractivity contribution in [2.24, 2.45) is 11.7 Å². The zero-order chi connectivity index (χ0) is 25.2. The Bertz CT molecular complexity index is 1270. The molecule has 4 rings (SSSR count). The summed E-state index contributed by atoms with van der Waals surface area (Å²) in [6, 6.07) is 10.5. The first kappa shape index (κ1) is 24.6. The van der Waals surface area contributed by atoms with Crippen LogP contribution in [-0.2, 0) is 26.0 Å². The number of ether oxygens (including phenoxy) is 2. The van der Waals surface area contributed by atoms with E-state index in [1.165, 1.54) is 36.7 Å². The first-order chi connectivity index (χ1) is 16.8. The van der Waals surface area contributed by atoms with E-state index in [0.717, 1.165) is 5.56 Å². The fourth-order valence-electron chi connectivity index (χ4n) is 4.60. The zero-order valence-corrected chi connectivity index (χ0v) is 20.6. The minimum Gasteiger partial charge on any atom is -0.493 e. The Morgan fingerprint density at radius 2 is 1.89 bits per heavy atom. The number of anilines is 1. The number of rotatable bonds is 7. The van der Waals surface area contributed by atoms with Crippen molar-refractivity contribution in [2.75, 3.05) is 38.2 Å². The lowest BCUT2D eigenvalue weighted by atomic mass is 9.97. The van der Waals surface area contributed by atoms with Gasteiger partial charge in [0.05, 0.1) is 25.8 Å². The molecule has 1 unspecified atom stereocenters. The highest BCUT2D eigenvalue weighted by atomic mass is 32.2. The number of para-hydroxylation sites is 1. The number of nitrogens with two attached hydrogens (primary N) is 1. The lowest BCUT2D eigenvalue weighted by Crippen LogP contribution is -2.43. The summed E-state index contributed by atoms with van der Waals surface area (Å²) >= 11 is 0. The van der Waals surface area contributed by atoms with Gasteiger partial charge in [0.1, 0.15) is 4.90 Å². The van der Waals surface area contributed by atoms with E-state index in [-0.39, 0.29) is 34.8 Å². The average molecular weight is 500 g/mol. The molecule has 0 spiro atoms. The minimum absolute atomic E-state index is 0.0464. The molecule has 186 valence electrons. The Balaban J connectivity index is 1.67. The molecule has 2 heterocycles. The highest BCUT2D eigenvalue weighted by Crippen LogP contribution is 2.40. The molecule has 2 aromatic carbocycles. The van der Waals surface area contributed by atoms with Gasteiger partial charge in [-0.25, -0.2) is 8.42 Å². The van der Waals surface area contributed by atoms with Gasteiger partial charge in [-0.15, -0.1) is 0 Å². The number of benzene rings is 2. The zero-order valence-electron chi connectivity index (χ0n) is 19.8. The van der Waals surface area contributed by atoms with Crippen LogP contribution in [0.1, 0.15) is 24.0 Å². The highest BCUT2D eigenvalue weighted by Gasteiger charge is 2.34. The van der Waals surface area contributed by atoms with E-state index in [1.54, 1.807) is 23.1 Å². The van der Waals surface area contributed by atoms with Gasteiger partial charge >= 0.3 is 0 Å². The first-order valence-corrected chi connectivity index (χ1v) is 12.8. The van der Waals surface area contributed by atoms with Crippen LogP contribution in [0.4, 0.5) is 5.69 Å². The molecule has 2 N–H and O–H groups in total. The predicted molar refractivity (Wildman–Crippen MR) is 132 cm³/mol. The van der Waals surface area contributed by atoms with Crippen LogP contribution in [0.15, 0.2) is 47.4 Å². The smallest absolute Gasteiger partial charge is 0.268 e. The molecule has 2 amide bonds. The van der Waals surface area contributed by atoms with Gasteiger partial charge < -0.3 is 20.1 Å². The summed E-state index contributed by atoms with van der Waals surface area (Å²) in [5.74, 6) is -0.712. The van der Waals surface area contributed by atoms with Crippen molar-refractivity contribution in [3.8, 4) is 11.5 Å². The van der Waals surface area contributed by atoms with Crippen molar-refractivity contribution in [1.82, 2.24) is 4.90 Å². The van der Waals surface area contributed by atoms with Crippen molar-refractivity contribution in [2.45, 2.75) is 24.2 Å². The highest BCUT2D eigenvalue weighted by molar-refractivity contribution is 7.93. The summed E-state index contributed by atoms with van der Waals surface area (Å²) in [5, 5.41) is 0. The van der Waals surface area contributed by atoms with Crippen LogP contribution in [0, 0.1) is 5.92 Å². The molecule has 35 heavy (non-hydrogen) atoms. The quantitative estimate of drug-likeness (QED) is 0.584. The van der Waals surface area contributed by atoms with Gasteiger partial charge in [-0.3, -0.25) is 13.9 Å². The number of hydrogen-bond acceptors (Lipinski definition) is 6. The molecule has 0 aliphatic carbocycles. The molecule has 0 bridgehead atoms. The van der Waals surface area contributed by atoms with Crippen LogP contribution < -0.4 is 19.5 Å². The van der Waals surface area contributed by atoms with Gasteiger partial charge in [-0.05, 0) is 54.7 Å². The SMILES string of the molecule is COc1cc(C=CC(=O)N2CCCC(C(N)=O)C2)cc(S(=O)(=O)N2CCc3ccccc32)c1OC. The molecular formula is C25H29N3O6S. The molecule has 2 aromatic rings. The van der Waals surface area contributed by atoms with Gasteiger partial charge in [0, 0.05) is 25.7 Å². The molecular weight excluding hydrogens is 470 g/mol. The molecule has 2 aliphatic rings. The van der Waals surface area contributed by atoms with Crippen molar-refractivity contribution in [3.05, 3.63) is 53.6 Å². The van der Waals surface area contributed by atoms with Gasteiger partial charge in [-0.2, -0.15) is 0 Å². The molecule has 0 saturated carbocycles. The Morgan fingerprint density at radius 1 is 1.11 bits per heavy atom. The third-order valence-corrected chi connectivity index (χ3v) is 8.25. The Labute approximate surface area is 205 Å². The molecule has 0 radical (unpaired) electrons. The van der Waals surface area contributed by atoms with E-state index >= 15 is 0 Å². The van der Waals surface area contributed by atoms with Crippen molar-refractivity contribution in [3.63, 3.8) is 0 Å². The summed E-state index contributed by atoms with van der Waals surface area (Å²) in [6.07, 6.45) is 4.88. The Morgan fingerprint density at radius 3 is 2.60 bits per heavy atom. The van der Waals surface area contributed by atoms with Crippen molar-refractivity contribution < 1.29 is 27.5 Å². The van der Waals surface area contributed by atoms with Gasteiger partial charge in [0.15, 0.2) is 11.5 Å². The molecule has 0 aromatic heterocycles. The fourth-order valence-corrected chi connectivity index (χ4v) is 6.31. The maximum atomic E-state index is 13.7. The van der Waals surface area contributed by atoms with Crippen molar-refractivity contribution >= 4 is 33.6 Å². The second-order valence-electron chi connectivity index (χ2n) is 8.57. The minimum atomic E-state index is -3.98. The summed E-state index contributed by atoms with van der Waals surface area (Å²) in [7, 11) is -1.16. The monoisotopic (exact) mass is 499 g/mol. The maximum absolute atomic E-state index is 13.7. The summed E-state index contributed by atoms with van der Waals surface area (Å²) in [5.41, 5.74) is 7.47. The fraction of sp³-hybridized carbons (Fsp3) is 0.360. The predicted octanol–water partition coefficient (Wildman–Crippen LogP) is 2.19. The summed E-state index contributed by atoms with van der Waals surface area (Å²) < 4.78 is 39.7. The number of carbonyl (C=O) groups excluding carboxylic acids is 2. The van der Waals surface area contributed by atoms with Crippen LogP contribution in [0.2, 0.25) is 0 Å². The molecule has 2 aliphatic heterocycles. The number of nitrogens with zero attached hydrogens (tertiary/aromatic N) is 2. The van der Waals surface area contributed by atoms with E-state index in [4.69, 9.17) is 15.2 Å². The molecule has 1 saturated heterocycles. The van der Waals surface area contributed by atoms with E-state index in [9.17, 15) is 18.0 Å². The van der Waals surface area contributed by atoms with Crippen LogP contribution in [0.25, 0.3) is 6.08 Å². The van der Waals surface area contributed by atoms with Gasteiger partial charge in [0.25, 0.3) is 10.0 Å². The van der Waals surface area contributed by atoms with Crippen molar-refractivity contribution in [1.29, 1.82) is 0 Å². The van der Waals surface area contributed by atoms with E-state index in [2.05, 4.69) is 0 Å². The third-order valence-electron chi connectivity index (χ3n) is 6.43. The number of hydrogen-bond donors (Lipinski definition) is 1. The molecule has 10 heteroatoms. The number of amides is 2. The number of primary amides is 1. The largest absolute Gasteiger partial charge is 0.493 e. The second-order valence-corrected chi connectivity index (χ2v) is 10.4. The standard InChI is InChI=1S/C25H29N3O6S/c1-33-21-14-17(9-10-23(29)27-12-5-7-19(16-27)25(26)30)15-22(24(21)34-2)35(31,32)28-13-11-18-6-3-4-8-20(18)28/h3-4,6,8-10,14-15,19H,5,7,11-13,16H2,1-2H3,(H2,26,30). The Kier molecular flexibility index (Phi) is 7.02. The lowest BCUT2D eigenvalue weighted by Gasteiger charge is -2.30. The average Bonchev–Trinajstić information content (AvgIpc) is 3.31. The normalized spacial score (nSPS) is 17.9. The first-order valence-electron chi connectivity index (χ1n) is 11.4. The lowest BCUT2D eigenvalue weighted by molar-refractivity contribution is -0.130. The van der Waals surface area contributed by atoms with Gasteiger partial charge in [-0.1, -0.05) is 18.2 Å². The third kappa shape index (κ3) is 4.84. The van der Waals surface area contributed by atoms with E-state index < -0.39 is 15.9 Å². The number of likely N-dealkylation sites (tertiary alicyclic amines) is 1. The number of carbonyl (C=O) groups is 2. The van der Waals surface area contributed by atoms with Gasteiger partial charge in [0.2, 0.25) is 11.8 Å². The number of sulfonamides is 1. The molecule has 9 nitrogen and oxygen atoms in total. The molecule has 1 fully saturated rings. The summed E-state index contributed by atoms with van der Waals surface area (Å²) in [4.78, 5) is 25.8.